The lowest BCUT2D eigenvalue weighted by Crippen LogP contribution is -2.28. The molecule has 3 aromatic rings. The zero-order chi connectivity index (χ0) is 22.2. The van der Waals surface area contributed by atoms with Crippen molar-refractivity contribution in [3.05, 3.63) is 35.7 Å². The first-order valence-electron chi connectivity index (χ1n) is 11.1. The molecule has 3 N–H and O–H groups in total. The van der Waals surface area contributed by atoms with Crippen LogP contribution in [0.4, 0.5) is 11.6 Å². The van der Waals surface area contributed by atoms with Gasteiger partial charge in [-0.15, -0.1) is 0 Å². The maximum absolute atomic E-state index is 11.8. The van der Waals surface area contributed by atoms with E-state index in [9.17, 15) is 4.79 Å². The zero-order valence-electron chi connectivity index (χ0n) is 18.5. The number of benzene rings is 1. The van der Waals surface area contributed by atoms with Crippen molar-refractivity contribution in [2.45, 2.75) is 38.8 Å². The van der Waals surface area contributed by atoms with E-state index in [1.807, 2.05) is 4.68 Å². The number of carbonyl (C=O) groups is 1. The summed E-state index contributed by atoms with van der Waals surface area (Å²) in [5.74, 6) is 1.15. The van der Waals surface area contributed by atoms with E-state index < -0.39 is 0 Å². The Hall–Kier alpha value is -3.20. The van der Waals surface area contributed by atoms with Crippen molar-refractivity contribution in [1.82, 2.24) is 24.6 Å². The maximum Gasteiger partial charge on any atom is 0.229 e. The van der Waals surface area contributed by atoms with E-state index in [1.54, 1.807) is 19.5 Å². The van der Waals surface area contributed by atoms with E-state index in [1.165, 1.54) is 11.1 Å². The fraction of sp³-hybridized carbons (Fsp3) is 0.478. The number of hydrogen-bond donors (Lipinski definition) is 2. The summed E-state index contributed by atoms with van der Waals surface area (Å²) in [5.41, 5.74) is 9.80. The number of nitrogens with zero attached hydrogens (tertiary/aromatic N) is 5. The predicted molar refractivity (Wildman–Crippen MR) is 122 cm³/mol. The molecule has 1 aliphatic heterocycles. The van der Waals surface area contributed by atoms with Crippen LogP contribution in [0.1, 0.15) is 30.4 Å². The molecule has 0 saturated heterocycles. The third-order valence-corrected chi connectivity index (χ3v) is 6.78. The number of nitrogens with one attached hydrogen (secondary N) is 1. The van der Waals surface area contributed by atoms with Crippen LogP contribution in [0.25, 0.3) is 11.0 Å². The number of nitrogens with two attached hydrogens (primary N) is 1. The van der Waals surface area contributed by atoms with E-state index in [4.69, 9.17) is 15.5 Å². The highest BCUT2D eigenvalue weighted by Crippen LogP contribution is 2.34. The molecule has 9 heteroatoms. The fourth-order valence-electron chi connectivity index (χ4n) is 5.03. The van der Waals surface area contributed by atoms with Gasteiger partial charge in [0.05, 0.1) is 24.4 Å². The van der Waals surface area contributed by atoms with E-state index in [0.717, 1.165) is 61.2 Å². The van der Waals surface area contributed by atoms with Crippen LogP contribution in [0.2, 0.25) is 0 Å². The van der Waals surface area contributed by atoms with Crippen molar-refractivity contribution in [2.75, 3.05) is 26.0 Å². The largest absolute Gasteiger partial charge is 0.495 e. The first-order valence-corrected chi connectivity index (χ1v) is 11.1. The minimum atomic E-state index is -0.217. The van der Waals surface area contributed by atoms with Gasteiger partial charge in [-0.1, -0.05) is 6.42 Å². The number of rotatable bonds is 6. The van der Waals surface area contributed by atoms with Crippen LogP contribution < -0.4 is 15.8 Å². The van der Waals surface area contributed by atoms with E-state index in [0.29, 0.717) is 12.5 Å². The molecule has 1 aliphatic carbocycles. The number of likely N-dealkylation sites (N-methyl/N-ethyl adjacent to an activating group) is 1. The molecule has 0 radical (unpaired) electrons. The maximum atomic E-state index is 11.8. The molecule has 1 fully saturated rings. The number of ether oxygens (including phenoxy) is 1. The van der Waals surface area contributed by atoms with Crippen LogP contribution in [0.3, 0.4) is 0 Å². The number of aromatic nitrogens is 4. The van der Waals surface area contributed by atoms with Crippen LogP contribution in [0, 0.1) is 11.8 Å². The average molecular weight is 436 g/mol. The van der Waals surface area contributed by atoms with Gasteiger partial charge in [-0.05, 0) is 55.5 Å². The van der Waals surface area contributed by atoms with E-state index in [2.05, 4.69) is 39.5 Å². The number of carbonyl (C=O) groups excluding carboxylic acids is 1. The molecule has 2 atom stereocenters. The highest BCUT2D eigenvalue weighted by Gasteiger charge is 2.32. The van der Waals surface area contributed by atoms with Gasteiger partial charge in [0.25, 0.3) is 0 Å². The molecule has 0 bridgehead atoms. The van der Waals surface area contributed by atoms with Crippen LogP contribution >= 0.6 is 0 Å². The topological polar surface area (TPSA) is 111 Å². The number of methoxy groups -OCH3 is 1. The number of primary amides is 1. The Morgan fingerprint density at radius 3 is 2.97 bits per heavy atom. The van der Waals surface area contributed by atoms with Gasteiger partial charge in [-0.2, -0.15) is 10.1 Å². The molecule has 2 unspecified atom stereocenters. The number of hydrogen-bond acceptors (Lipinski definition) is 7. The molecule has 9 nitrogen and oxygen atoms in total. The SMILES string of the molecule is COc1cc2c(cc1Nc1ncc3cnn(CC4CCCC4C(N)=O)c3n1)CN(C)CC2. The molecule has 5 rings (SSSR count). The van der Waals surface area contributed by atoms with Crippen LogP contribution in [-0.4, -0.2) is 51.3 Å². The normalized spacial score (nSPS) is 20.9. The molecule has 2 aromatic heterocycles. The summed E-state index contributed by atoms with van der Waals surface area (Å²) in [7, 11) is 3.81. The van der Waals surface area contributed by atoms with Crippen molar-refractivity contribution in [1.29, 1.82) is 0 Å². The van der Waals surface area contributed by atoms with Gasteiger partial charge in [0.1, 0.15) is 5.75 Å². The fourth-order valence-corrected chi connectivity index (χ4v) is 5.03. The smallest absolute Gasteiger partial charge is 0.229 e. The number of amides is 1. The number of fused-ring (bicyclic) bond motifs is 2. The molecule has 1 saturated carbocycles. The first-order chi connectivity index (χ1) is 15.5. The van der Waals surface area contributed by atoms with E-state index >= 15 is 0 Å². The molecule has 168 valence electrons. The summed E-state index contributed by atoms with van der Waals surface area (Å²) >= 11 is 0. The Balaban J connectivity index is 1.43. The lowest BCUT2D eigenvalue weighted by molar-refractivity contribution is -0.122. The summed E-state index contributed by atoms with van der Waals surface area (Å²) in [6.45, 7) is 2.58. The monoisotopic (exact) mass is 435 g/mol. The van der Waals surface area contributed by atoms with Gasteiger partial charge in [-0.3, -0.25) is 4.79 Å². The summed E-state index contributed by atoms with van der Waals surface area (Å²) in [4.78, 5) is 23.3. The van der Waals surface area contributed by atoms with Crippen LogP contribution in [-0.2, 0) is 24.3 Å². The Bertz CT molecular complexity index is 1160. The second-order valence-corrected chi connectivity index (χ2v) is 8.93. The van der Waals surface area contributed by atoms with Crippen LogP contribution in [0.15, 0.2) is 24.5 Å². The molecule has 32 heavy (non-hydrogen) atoms. The van der Waals surface area contributed by atoms with Gasteiger partial charge in [0, 0.05) is 31.7 Å². The minimum Gasteiger partial charge on any atom is -0.495 e. The van der Waals surface area contributed by atoms with Crippen molar-refractivity contribution < 1.29 is 9.53 Å². The van der Waals surface area contributed by atoms with Gasteiger partial charge < -0.3 is 20.7 Å². The molecule has 2 aliphatic rings. The Morgan fingerprint density at radius 1 is 1.28 bits per heavy atom. The molecular formula is C23H29N7O2. The second kappa shape index (κ2) is 8.38. The highest BCUT2D eigenvalue weighted by atomic mass is 16.5. The minimum absolute atomic E-state index is 0.0911. The van der Waals surface area contributed by atoms with Crippen molar-refractivity contribution in [3.8, 4) is 5.75 Å². The summed E-state index contributed by atoms with van der Waals surface area (Å²) < 4.78 is 7.50. The van der Waals surface area contributed by atoms with Crippen molar-refractivity contribution in [2.24, 2.45) is 17.6 Å². The third kappa shape index (κ3) is 3.88. The van der Waals surface area contributed by atoms with Gasteiger partial charge >= 0.3 is 0 Å². The summed E-state index contributed by atoms with van der Waals surface area (Å²) in [6.07, 6.45) is 7.40. The van der Waals surface area contributed by atoms with E-state index in [-0.39, 0.29) is 17.7 Å². The summed E-state index contributed by atoms with van der Waals surface area (Å²) in [6, 6.07) is 4.24. The quantitative estimate of drug-likeness (QED) is 0.612. The van der Waals surface area contributed by atoms with Gasteiger partial charge in [0.2, 0.25) is 11.9 Å². The lowest BCUT2D eigenvalue weighted by Gasteiger charge is -2.26. The molecule has 0 spiro atoms. The molecule has 3 heterocycles. The lowest BCUT2D eigenvalue weighted by atomic mass is 9.95. The zero-order valence-corrected chi connectivity index (χ0v) is 18.5. The van der Waals surface area contributed by atoms with Crippen molar-refractivity contribution in [3.63, 3.8) is 0 Å². The Labute approximate surface area is 187 Å². The second-order valence-electron chi connectivity index (χ2n) is 8.93. The standard InChI is InChI=1S/C23H29N7O2/c1-29-7-6-14-9-20(32-2)19(8-16(14)12-29)27-23-25-10-17-11-26-30(22(17)28-23)13-15-4-3-5-18(15)21(24)31/h8-11,15,18H,3-7,12-13H2,1-2H3,(H2,24,31)(H,25,27,28). The summed E-state index contributed by atoms with van der Waals surface area (Å²) in [5, 5.41) is 8.71. The van der Waals surface area contributed by atoms with Crippen LogP contribution in [0.5, 0.6) is 5.75 Å². The van der Waals surface area contributed by atoms with Gasteiger partial charge in [-0.25, -0.2) is 9.67 Å². The number of anilines is 2. The molecule has 1 amide bonds. The van der Waals surface area contributed by atoms with Gasteiger partial charge in [0.15, 0.2) is 5.65 Å². The average Bonchev–Trinajstić information content (AvgIpc) is 3.41. The third-order valence-electron chi connectivity index (χ3n) is 6.78. The van der Waals surface area contributed by atoms with Crippen molar-refractivity contribution >= 4 is 28.6 Å². The molecular weight excluding hydrogens is 406 g/mol. The predicted octanol–water partition coefficient (Wildman–Crippen LogP) is 2.47. The highest BCUT2D eigenvalue weighted by molar-refractivity contribution is 5.78. The molecule has 1 aromatic carbocycles. The Morgan fingerprint density at radius 2 is 2.16 bits per heavy atom. The Kier molecular flexibility index (Phi) is 5.42. The first kappa shape index (κ1) is 20.7.